The van der Waals surface area contributed by atoms with Crippen LogP contribution in [0.5, 0.6) is 0 Å². The molecule has 8 heavy (non-hydrogen) atoms. The van der Waals surface area contributed by atoms with Crippen LogP contribution in [0.2, 0.25) is 10.6 Å². The van der Waals surface area contributed by atoms with E-state index in [9.17, 15) is 3.52 Å². The molecule has 0 atom stereocenters. The van der Waals surface area contributed by atoms with Gasteiger partial charge in [0.25, 0.3) is 0 Å². The van der Waals surface area contributed by atoms with Crippen LogP contribution in [0.4, 0.5) is 3.52 Å². The van der Waals surface area contributed by atoms with E-state index in [0.717, 1.165) is 10.6 Å². The molecular weight excluding hydrogens is 145 g/mol. The molecule has 0 N–H and O–H groups in total. The summed E-state index contributed by atoms with van der Waals surface area (Å²) in [5.74, 6) is 0. The zero-order valence-corrected chi connectivity index (χ0v) is 5.65. The van der Waals surface area contributed by atoms with Crippen LogP contribution in [0.25, 0.3) is 0 Å². The standard InChI is InChI=1S/C5H10.Al.FH.K.H/c1-3-5-4-2;;;;/h1-5H2;;1H;;/q;+1;;;/p-1. The van der Waals surface area contributed by atoms with Gasteiger partial charge >= 0.3 is 66.0 Å². The first-order chi connectivity index (χ1) is 3.39. The first kappa shape index (κ1) is 10.1. The SMILES string of the molecule is [F][Al]1[CH2]CCC[CH2]1.[KH]. The predicted molar refractivity (Wildman–Crippen MR) is 37.5 cm³/mol. The van der Waals surface area contributed by atoms with E-state index in [1.54, 1.807) is 0 Å². The summed E-state index contributed by atoms with van der Waals surface area (Å²) in [6.07, 6.45) is 3.63. The van der Waals surface area contributed by atoms with Gasteiger partial charge in [0, 0.05) is 0 Å². The summed E-state index contributed by atoms with van der Waals surface area (Å²) in [5.41, 5.74) is 0. The molecular formula is C5H11AlFK. The van der Waals surface area contributed by atoms with Crippen LogP contribution < -0.4 is 0 Å². The molecule has 1 aliphatic rings. The molecule has 3 heteroatoms. The molecule has 1 heterocycles. The van der Waals surface area contributed by atoms with Crippen LogP contribution in [0.3, 0.4) is 0 Å². The fraction of sp³-hybridized carbons (Fsp3) is 1.00. The molecule has 0 bridgehead atoms. The molecule has 1 aliphatic heterocycles. The van der Waals surface area contributed by atoms with Crippen molar-refractivity contribution in [3.8, 4) is 0 Å². The van der Waals surface area contributed by atoms with Gasteiger partial charge in [0.2, 0.25) is 0 Å². The Hall–Kier alpha value is 2.10. The van der Waals surface area contributed by atoms with E-state index in [2.05, 4.69) is 0 Å². The molecule has 0 nitrogen and oxygen atoms in total. The molecule has 0 saturated carbocycles. The minimum atomic E-state index is -1.59. The minimum absolute atomic E-state index is 0. The number of halogens is 1. The topological polar surface area (TPSA) is 0 Å². The summed E-state index contributed by atoms with van der Waals surface area (Å²) >= 11 is -1.59. The zero-order chi connectivity index (χ0) is 5.11. The third-order valence-electron chi connectivity index (χ3n) is 1.53. The van der Waals surface area contributed by atoms with Crippen LogP contribution in [0.15, 0.2) is 0 Å². The molecule has 1 rings (SSSR count). The van der Waals surface area contributed by atoms with Crippen LogP contribution in [-0.2, 0) is 0 Å². The van der Waals surface area contributed by atoms with Crippen molar-refractivity contribution in [2.75, 3.05) is 0 Å². The molecule has 42 valence electrons. The van der Waals surface area contributed by atoms with E-state index in [4.69, 9.17) is 0 Å². The van der Waals surface area contributed by atoms with Crippen LogP contribution in [-0.4, -0.2) is 66.0 Å². The van der Waals surface area contributed by atoms with Crippen molar-refractivity contribution < 1.29 is 3.52 Å². The summed E-state index contributed by atoms with van der Waals surface area (Å²) in [6, 6.07) is 0. The van der Waals surface area contributed by atoms with Crippen molar-refractivity contribution in [1.82, 2.24) is 0 Å². The first-order valence-electron chi connectivity index (χ1n) is 3.03. The number of rotatable bonds is 0. The van der Waals surface area contributed by atoms with Crippen LogP contribution in [0, 0.1) is 0 Å². The maximum atomic E-state index is 12.3. The van der Waals surface area contributed by atoms with Gasteiger partial charge in [-0.25, -0.2) is 0 Å². The molecule has 0 spiro atoms. The van der Waals surface area contributed by atoms with Gasteiger partial charge in [-0.1, -0.05) is 29.8 Å². The Balaban J connectivity index is 0.000000490. The molecule has 1 fully saturated rings. The second-order valence-electron chi connectivity index (χ2n) is 2.24. The Morgan fingerprint density at radius 3 is 1.75 bits per heavy atom. The van der Waals surface area contributed by atoms with Crippen molar-refractivity contribution in [3.05, 3.63) is 0 Å². The molecule has 0 aromatic heterocycles. The van der Waals surface area contributed by atoms with Gasteiger partial charge in [-0.2, -0.15) is 0 Å². The predicted octanol–water partition coefficient (Wildman–Crippen LogP) is 1.48. The van der Waals surface area contributed by atoms with Gasteiger partial charge < -0.3 is 3.52 Å². The number of hydrogen-bond acceptors (Lipinski definition) is 0. The average molecular weight is 156 g/mol. The van der Waals surface area contributed by atoms with Gasteiger partial charge in [-0.05, 0) is 0 Å². The van der Waals surface area contributed by atoms with E-state index in [1.165, 1.54) is 19.3 Å². The van der Waals surface area contributed by atoms with Crippen molar-refractivity contribution in [2.24, 2.45) is 0 Å². The third-order valence-corrected chi connectivity index (χ3v) is 3.60. The summed E-state index contributed by atoms with van der Waals surface area (Å²) in [4.78, 5) is 0. The Labute approximate surface area is 97.5 Å². The Morgan fingerprint density at radius 2 is 1.50 bits per heavy atom. The van der Waals surface area contributed by atoms with Crippen LogP contribution >= 0.6 is 0 Å². The summed E-state index contributed by atoms with van der Waals surface area (Å²) in [6.45, 7) is 0. The second kappa shape index (κ2) is 5.85. The third kappa shape index (κ3) is 4.00. The fourth-order valence-corrected chi connectivity index (χ4v) is 2.80. The molecule has 0 aliphatic carbocycles. The molecule has 0 unspecified atom stereocenters. The van der Waals surface area contributed by atoms with Crippen molar-refractivity contribution in [3.63, 3.8) is 0 Å². The average Bonchev–Trinajstić information content (AvgIpc) is 1.69. The van der Waals surface area contributed by atoms with Gasteiger partial charge in [0.1, 0.15) is 0 Å². The maximum absolute atomic E-state index is 12.3. The van der Waals surface area contributed by atoms with Crippen molar-refractivity contribution in [2.45, 2.75) is 29.8 Å². The monoisotopic (exact) mass is 156 g/mol. The molecule has 0 aromatic rings. The van der Waals surface area contributed by atoms with Gasteiger partial charge in [0.05, 0.1) is 0 Å². The first-order valence-corrected chi connectivity index (χ1v) is 5.10. The van der Waals surface area contributed by atoms with E-state index in [-0.39, 0.29) is 51.4 Å². The van der Waals surface area contributed by atoms with Crippen LogP contribution in [0.1, 0.15) is 19.3 Å². The van der Waals surface area contributed by atoms with Crippen molar-refractivity contribution >= 4 is 66.0 Å². The number of hydrogen-bond donors (Lipinski definition) is 0. The summed E-state index contributed by atoms with van der Waals surface area (Å²) in [5, 5.41) is 1.92. The molecule has 1 saturated heterocycles. The Bertz CT molecular complexity index is 54.4. The molecule has 0 radical (unpaired) electrons. The Kier molecular flexibility index (Phi) is 7.39. The van der Waals surface area contributed by atoms with Crippen molar-refractivity contribution in [1.29, 1.82) is 0 Å². The fourth-order valence-electron chi connectivity index (χ4n) is 1.05. The molecule has 0 aromatic carbocycles. The van der Waals surface area contributed by atoms with Gasteiger partial charge in [-0.15, -0.1) is 0 Å². The summed E-state index contributed by atoms with van der Waals surface area (Å²) in [7, 11) is 0. The Morgan fingerprint density at radius 1 is 1.00 bits per heavy atom. The normalized spacial score (nSPS) is 19.9. The van der Waals surface area contributed by atoms with E-state index >= 15 is 0 Å². The molecule has 0 amide bonds. The quantitative estimate of drug-likeness (QED) is 0.466. The second-order valence-corrected chi connectivity index (χ2v) is 4.58. The zero-order valence-electron chi connectivity index (χ0n) is 4.49. The summed E-state index contributed by atoms with van der Waals surface area (Å²) < 4.78 is 12.3. The van der Waals surface area contributed by atoms with Gasteiger partial charge in [-0.3, -0.25) is 0 Å². The van der Waals surface area contributed by atoms with Gasteiger partial charge in [0.15, 0.2) is 0 Å². The van der Waals surface area contributed by atoms with E-state index in [0.29, 0.717) is 0 Å². The van der Waals surface area contributed by atoms with E-state index in [1.807, 2.05) is 0 Å². The van der Waals surface area contributed by atoms with E-state index < -0.39 is 14.6 Å².